The normalized spacial score (nSPS) is 13.8. The van der Waals surface area contributed by atoms with E-state index in [0.29, 0.717) is 35.8 Å². The van der Waals surface area contributed by atoms with E-state index in [2.05, 4.69) is 4.98 Å². The molecular weight excluding hydrogens is 478 g/mol. The number of carbonyl (C=O) groups is 1. The van der Waals surface area contributed by atoms with Crippen LogP contribution in [0.4, 0.5) is 0 Å². The Labute approximate surface area is 215 Å². The lowest BCUT2D eigenvalue weighted by molar-refractivity contribution is -1.21. The van der Waals surface area contributed by atoms with Crippen LogP contribution < -0.4 is 10.6 Å². The lowest BCUT2D eigenvalue weighted by Gasteiger charge is -2.29. The van der Waals surface area contributed by atoms with Gasteiger partial charge in [0.1, 0.15) is 12.4 Å². The molecule has 0 bridgehead atoms. The molecule has 2 unspecified atom stereocenters. The molecule has 2 atom stereocenters. The Kier molecular flexibility index (Phi) is 8.30. The molecule has 0 saturated heterocycles. The predicted molar refractivity (Wildman–Crippen MR) is 138 cm³/mol. The van der Waals surface area contributed by atoms with Gasteiger partial charge in [-0.1, -0.05) is 52.9 Å². The number of nitrogens with zero attached hydrogens (tertiary/aromatic N) is 2. The first-order valence-corrected chi connectivity index (χ1v) is 12.1. The number of nitrogens with two attached hydrogens (primary N) is 1. The van der Waals surface area contributed by atoms with E-state index in [-0.39, 0.29) is 0 Å². The van der Waals surface area contributed by atoms with Crippen molar-refractivity contribution < 1.29 is 24.5 Å². The van der Waals surface area contributed by atoms with Gasteiger partial charge in [0.25, 0.3) is 0 Å². The zero-order valence-corrected chi connectivity index (χ0v) is 20.8. The number of quaternary nitrogens is 1. The average Bonchev–Trinajstić information content (AvgIpc) is 2.90. The molecule has 3 aromatic carbocycles. The van der Waals surface area contributed by atoms with Crippen LogP contribution in [0.3, 0.4) is 0 Å². The Hall–Kier alpha value is -3.33. The minimum atomic E-state index is -1.35. The number of aryl methyl sites for hydroxylation is 1. The minimum absolute atomic E-state index is 0.314. The number of amides is 1. The number of aromatic nitrogens is 1. The van der Waals surface area contributed by atoms with Crippen LogP contribution in [0, 0.1) is 0 Å². The van der Waals surface area contributed by atoms with Gasteiger partial charge in [0.15, 0.2) is 6.04 Å². The van der Waals surface area contributed by atoms with Crippen molar-refractivity contribution >= 4 is 28.4 Å². The molecule has 0 aliphatic rings. The molecule has 0 aliphatic heterocycles. The maximum atomic E-state index is 12.3. The van der Waals surface area contributed by atoms with E-state index < -0.39 is 16.8 Å². The molecule has 1 amide bonds. The average molecular weight is 507 g/mol. The molecule has 4 aromatic rings. The summed E-state index contributed by atoms with van der Waals surface area (Å²) in [5.41, 5.74) is 3.54. The lowest BCUT2D eigenvalue weighted by atomic mass is 9.98. The fourth-order valence-corrected chi connectivity index (χ4v) is 4.32. The zero-order chi connectivity index (χ0) is 25.5. The SMILES string of the molecule is CC(=O)[N+](O)(ON)C(CCCc1ccc(Cl)cc1)c1ccc(OCc2ccc3ccccc3n2)cc1. The van der Waals surface area contributed by atoms with Crippen LogP contribution in [0.25, 0.3) is 10.9 Å². The Morgan fingerprint density at radius 2 is 1.75 bits per heavy atom. The lowest BCUT2D eigenvalue weighted by Crippen LogP contribution is -2.53. The summed E-state index contributed by atoms with van der Waals surface area (Å²) in [5, 5.41) is 12.7. The van der Waals surface area contributed by atoms with Gasteiger partial charge in [-0.2, -0.15) is 11.1 Å². The van der Waals surface area contributed by atoms with Crippen molar-refractivity contribution in [2.45, 2.75) is 38.8 Å². The van der Waals surface area contributed by atoms with Gasteiger partial charge < -0.3 is 4.74 Å². The van der Waals surface area contributed by atoms with Crippen molar-refractivity contribution in [1.82, 2.24) is 4.98 Å². The molecule has 0 radical (unpaired) electrons. The smallest absolute Gasteiger partial charge is 0.377 e. The molecule has 8 heteroatoms. The topological polar surface area (TPSA) is 94.7 Å². The second-order valence-corrected chi connectivity index (χ2v) is 9.07. The Bertz CT molecular complexity index is 1310. The number of ether oxygens (including phenoxy) is 1. The maximum Gasteiger partial charge on any atom is 0.377 e. The Morgan fingerprint density at radius 3 is 2.44 bits per heavy atom. The number of pyridine rings is 1. The number of hydrogen-bond acceptors (Lipinski definition) is 6. The summed E-state index contributed by atoms with van der Waals surface area (Å²) < 4.78 is 5.92. The van der Waals surface area contributed by atoms with Gasteiger partial charge >= 0.3 is 5.91 Å². The Morgan fingerprint density at radius 1 is 1.03 bits per heavy atom. The standard InChI is InChI=1S/C28H29ClN3O4/c1-20(33)32(34,36-30)28(8-4-5-21-9-14-24(29)15-10-21)23-12-17-26(18-13-23)35-19-25-16-11-22-6-2-3-7-27(22)31-25/h2-3,6-7,9-18,28,34H,4-5,8,19,30H2,1H3/q+1. The number of hydrogen-bond donors (Lipinski definition) is 2. The molecule has 0 saturated carbocycles. The number of fused-ring (bicyclic) bond motifs is 1. The summed E-state index contributed by atoms with van der Waals surface area (Å²) in [7, 11) is 0. The zero-order valence-electron chi connectivity index (χ0n) is 20.0. The fourth-order valence-electron chi connectivity index (χ4n) is 4.19. The van der Waals surface area contributed by atoms with Gasteiger partial charge in [0.2, 0.25) is 0 Å². The molecule has 4 rings (SSSR count). The van der Waals surface area contributed by atoms with Crippen molar-refractivity contribution in [3.8, 4) is 5.75 Å². The summed E-state index contributed by atoms with van der Waals surface area (Å²) in [6.07, 6.45) is 1.89. The number of carbonyl (C=O) groups excluding carboxylic acids is 1. The molecule has 0 aliphatic carbocycles. The summed E-state index contributed by atoms with van der Waals surface area (Å²) >= 11 is 5.97. The van der Waals surface area contributed by atoms with Gasteiger partial charge in [0, 0.05) is 27.2 Å². The molecule has 186 valence electrons. The minimum Gasteiger partial charge on any atom is -0.487 e. The van der Waals surface area contributed by atoms with E-state index in [1.54, 1.807) is 24.3 Å². The molecular formula is C28H29ClN3O4+. The molecule has 3 N–H and O–H groups in total. The van der Waals surface area contributed by atoms with Gasteiger partial charge in [-0.15, -0.1) is 0 Å². The molecule has 1 heterocycles. The third-order valence-electron chi connectivity index (χ3n) is 6.20. The molecule has 0 spiro atoms. The van der Waals surface area contributed by atoms with Crippen molar-refractivity contribution in [2.75, 3.05) is 0 Å². The summed E-state index contributed by atoms with van der Waals surface area (Å²) in [5.74, 6) is 5.41. The van der Waals surface area contributed by atoms with Crippen LogP contribution in [0.15, 0.2) is 84.9 Å². The van der Waals surface area contributed by atoms with Crippen LogP contribution >= 0.6 is 11.6 Å². The number of para-hydroxylation sites is 1. The highest BCUT2D eigenvalue weighted by molar-refractivity contribution is 6.30. The molecule has 36 heavy (non-hydrogen) atoms. The summed E-state index contributed by atoms with van der Waals surface area (Å²) in [6.45, 7) is 1.56. The predicted octanol–water partition coefficient (Wildman–Crippen LogP) is 6.09. The van der Waals surface area contributed by atoms with Crippen LogP contribution in [-0.4, -0.2) is 20.9 Å². The maximum absolute atomic E-state index is 12.3. The van der Waals surface area contributed by atoms with Gasteiger partial charge in [-0.05, 0) is 66.9 Å². The first-order chi connectivity index (χ1) is 17.4. The van der Waals surface area contributed by atoms with Crippen molar-refractivity contribution in [3.05, 3.63) is 107 Å². The van der Waals surface area contributed by atoms with Crippen molar-refractivity contribution in [2.24, 2.45) is 5.90 Å². The molecule has 1 aromatic heterocycles. The summed E-state index contributed by atoms with van der Waals surface area (Å²) in [4.78, 5) is 20.3. The van der Waals surface area contributed by atoms with Crippen LogP contribution in [-0.2, 0) is 22.8 Å². The number of hydroxylamine groups is 4. The highest BCUT2D eigenvalue weighted by Gasteiger charge is 2.45. The second kappa shape index (κ2) is 11.6. The first kappa shape index (κ1) is 25.8. The second-order valence-electron chi connectivity index (χ2n) is 8.63. The third kappa shape index (κ3) is 6.07. The largest absolute Gasteiger partial charge is 0.487 e. The van der Waals surface area contributed by atoms with E-state index in [9.17, 15) is 10.0 Å². The number of halogens is 1. The third-order valence-corrected chi connectivity index (χ3v) is 6.45. The molecule has 7 nitrogen and oxygen atoms in total. The van der Waals surface area contributed by atoms with E-state index in [4.69, 9.17) is 27.2 Å². The van der Waals surface area contributed by atoms with E-state index in [1.807, 2.05) is 60.7 Å². The quantitative estimate of drug-likeness (QED) is 0.153. The Balaban J connectivity index is 1.45. The summed E-state index contributed by atoms with van der Waals surface area (Å²) in [6, 6.07) is 26.0. The van der Waals surface area contributed by atoms with Crippen LogP contribution in [0.5, 0.6) is 5.75 Å². The number of rotatable bonds is 10. The van der Waals surface area contributed by atoms with E-state index >= 15 is 0 Å². The van der Waals surface area contributed by atoms with Crippen LogP contribution in [0.1, 0.15) is 42.6 Å². The van der Waals surface area contributed by atoms with Gasteiger partial charge in [0.05, 0.1) is 18.1 Å². The van der Waals surface area contributed by atoms with E-state index in [1.165, 1.54) is 6.92 Å². The van der Waals surface area contributed by atoms with E-state index in [0.717, 1.165) is 28.6 Å². The van der Waals surface area contributed by atoms with Crippen molar-refractivity contribution in [3.63, 3.8) is 0 Å². The highest BCUT2D eigenvalue weighted by atomic mass is 35.5. The monoisotopic (exact) mass is 506 g/mol. The fraction of sp³-hybridized carbons (Fsp3) is 0.214. The van der Waals surface area contributed by atoms with Crippen LogP contribution in [0.2, 0.25) is 5.02 Å². The van der Waals surface area contributed by atoms with Gasteiger partial charge in [-0.25, -0.2) is 9.78 Å². The van der Waals surface area contributed by atoms with Gasteiger partial charge in [-0.3, -0.25) is 0 Å². The van der Waals surface area contributed by atoms with Crippen molar-refractivity contribution in [1.29, 1.82) is 0 Å². The highest BCUT2D eigenvalue weighted by Crippen LogP contribution is 2.33. The first-order valence-electron chi connectivity index (χ1n) is 11.7. The molecule has 0 fully saturated rings. The number of benzene rings is 3.